The summed E-state index contributed by atoms with van der Waals surface area (Å²) >= 11 is 0. The zero-order chi connectivity index (χ0) is 30.3. The third-order valence-corrected chi connectivity index (χ3v) is 9.11. The maximum absolute atomic E-state index is 14.1. The van der Waals surface area contributed by atoms with E-state index in [0.717, 1.165) is 33.0 Å². The maximum atomic E-state index is 14.1. The Labute approximate surface area is 244 Å². The van der Waals surface area contributed by atoms with Gasteiger partial charge in [-0.1, -0.05) is 42.8 Å². The van der Waals surface area contributed by atoms with Gasteiger partial charge in [-0.15, -0.1) is 0 Å². The molecule has 9 heteroatoms. The van der Waals surface area contributed by atoms with E-state index in [-0.39, 0.29) is 23.4 Å². The third-order valence-electron chi connectivity index (χ3n) is 7.32. The van der Waals surface area contributed by atoms with Crippen LogP contribution >= 0.6 is 0 Å². The molecule has 1 N–H and O–H groups in total. The van der Waals surface area contributed by atoms with Gasteiger partial charge in [-0.2, -0.15) is 0 Å². The summed E-state index contributed by atoms with van der Waals surface area (Å²) in [7, 11) is -2.56. The third kappa shape index (κ3) is 7.88. The highest BCUT2D eigenvalue weighted by Crippen LogP contribution is 2.27. The molecule has 220 valence electrons. The van der Waals surface area contributed by atoms with Gasteiger partial charge < -0.3 is 15.0 Å². The molecular weight excluding hydrogens is 538 g/mol. The van der Waals surface area contributed by atoms with Gasteiger partial charge in [0.25, 0.3) is 10.0 Å². The van der Waals surface area contributed by atoms with E-state index in [1.165, 1.54) is 4.90 Å². The number of hydrogen-bond acceptors (Lipinski definition) is 5. The van der Waals surface area contributed by atoms with Crippen LogP contribution in [-0.2, 0) is 26.2 Å². The SMILES string of the molecule is CC[C@@H](C)NC(=O)[C@@H](C)N(Cc1cccc(OC)c1)C(=O)CN(c1ccc(C)c(C)c1)S(=O)(=O)c1ccc(C)cc1. The summed E-state index contributed by atoms with van der Waals surface area (Å²) in [6.07, 6.45) is 0.734. The van der Waals surface area contributed by atoms with Crippen molar-refractivity contribution in [2.45, 2.75) is 71.5 Å². The number of nitrogens with one attached hydrogen (secondary N) is 1. The Morgan fingerprint density at radius 3 is 2.22 bits per heavy atom. The fraction of sp³-hybridized carbons (Fsp3) is 0.375. The molecule has 2 amide bonds. The summed E-state index contributed by atoms with van der Waals surface area (Å²) in [6.45, 7) is 10.8. The predicted octanol–water partition coefficient (Wildman–Crippen LogP) is 5.15. The van der Waals surface area contributed by atoms with Gasteiger partial charge in [0.15, 0.2) is 0 Å². The minimum absolute atomic E-state index is 0.0762. The Bertz CT molecular complexity index is 1470. The average molecular weight is 580 g/mol. The van der Waals surface area contributed by atoms with Crippen molar-refractivity contribution in [3.05, 3.63) is 89.0 Å². The number of amides is 2. The van der Waals surface area contributed by atoms with E-state index in [4.69, 9.17) is 4.74 Å². The first kappa shape index (κ1) is 31.7. The lowest BCUT2D eigenvalue weighted by Gasteiger charge is -2.32. The van der Waals surface area contributed by atoms with Crippen molar-refractivity contribution in [3.63, 3.8) is 0 Å². The maximum Gasteiger partial charge on any atom is 0.264 e. The van der Waals surface area contributed by atoms with Crippen LogP contribution in [0.25, 0.3) is 0 Å². The second-order valence-electron chi connectivity index (χ2n) is 10.5. The summed E-state index contributed by atoms with van der Waals surface area (Å²) < 4.78 is 34.5. The molecule has 0 spiro atoms. The van der Waals surface area contributed by atoms with Crippen LogP contribution in [-0.4, -0.2) is 50.9 Å². The van der Waals surface area contributed by atoms with Crippen molar-refractivity contribution in [2.24, 2.45) is 0 Å². The van der Waals surface area contributed by atoms with Crippen LogP contribution in [0.2, 0.25) is 0 Å². The molecule has 0 aromatic heterocycles. The van der Waals surface area contributed by atoms with Gasteiger partial charge >= 0.3 is 0 Å². The molecule has 0 aliphatic heterocycles. The lowest BCUT2D eigenvalue weighted by atomic mass is 10.1. The van der Waals surface area contributed by atoms with Gasteiger partial charge in [0.05, 0.1) is 17.7 Å². The Morgan fingerprint density at radius 1 is 0.927 bits per heavy atom. The van der Waals surface area contributed by atoms with Crippen LogP contribution in [0.5, 0.6) is 5.75 Å². The quantitative estimate of drug-likeness (QED) is 0.320. The molecule has 0 bridgehead atoms. The molecule has 3 aromatic rings. The molecule has 0 unspecified atom stereocenters. The zero-order valence-electron chi connectivity index (χ0n) is 25.0. The van der Waals surface area contributed by atoms with Crippen LogP contribution in [0.1, 0.15) is 49.4 Å². The van der Waals surface area contributed by atoms with E-state index < -0.39 is 28.5 Å². The van der Waals surface area contributed by atoms with Gasteiger partial charge in [-0.3, -0.25) is 13.9 Å². The van der Waals surface area contributed by atoms with E-state index in [0.29, 0.717) is 11.4 Å². The molecule has 0 aliphatic carbocycles. The number of benzene rings is 3. The first-order valence-corrected chi connectivity index (χ1v) is 15.2. The number of sulfonamides is 1. The zero-order valence-corrected chi connectivity index (χ0v) is 25.8. The molecule has 3 rings (SSSR count). The lowest BCUT2D eigenvalue weighted by molar-refractivity contribution is -0.139. The summed E-state index contributed by atoms with van der Waals surface area (Å²) in [5.74, 6) is -0.200. The van der Waals surface area contributed by atoms with E-state index in [9.17, 15) is 18.0 Å². The van der Waals surface area contributed by atoms with Crippen molar-refractivity contribution in [3.8, 4) is 5.75 Å². The Kier molecular flexibility index (Phi) is 10.6. The molecule has 0 radical (unpaired) electrons. The number of anilines is 1. The molecule has 0 saturated carbocycles. The Morgan fingerprint density at radius 2 is 1.61 bits per heavy atom. The Balaban J connectivity index is 2.06. The molecule has 0 aliphatic rings. The van der Waals surface area contributed by atoms with Crippen molar-refractivity contribution in [2.75, 3.05) is 18.0 Å². The highest BCUT2D eigenvalue weighted by atomic mass is 32.2. The topological polar surface area (TPSA) is 96.0 Å². The Hall–Kier alpha value is -3.85. The van der Waals surface area contributed by atoms with Gasteiger partial charge in [0.1, 0.15) is 18.3 Å². The fourth-order valence-corrected chi connectivity index (χ4v) is 5.67. The summed E-state index contributed by atoms with van der Waals surface area (Å²) in [5.41, 5.74) is 3.94. The second-order valence-corrected chi connectivity index (χ2v) is 12.3. The number of rotatable bonds is 12. The number of nitrogens with zero attached hydrogens (tertiary/aromatic N) is 2. The van der Waals surface area contributed by atoms with Crippen molar-refractivity contribution < 1.29 is 22.7 Å². The van der Waals surface area contributed by atoms with Crippen molar-refractivity contribution in [1.82, 2.24) is 10.2 Å². The van der Waals surface area contributed by atoms with E-state index in [1.54, 1.807) is 62.6 Å². The number of hydrogen-bond donors (Lipinski definition) is 1. The molecule has 3 aromatic carbocycles. The van der Waals surface area contributed by atoms with Gasteiger partial charge in [0, 0.05) is 12.6 Å². The minimum atomic E-state index is -4.12. The molecule has 41 heavy (non-hydrogen) atoms. The minimum Gasteiger partial charge on any atom is -0.497 e. The van der Waals surface area contributed by atoms with Crippen LogP contribution in [0.3, 0.4) is 0 Å². The van der Waals surface area contributed by atoms with E-state index >= 15 is 0 Å². The number of carbonyl (C=O) groups excluding carboxylic acids is 2. The predicted molar refractivity (Wildman–Crippen MR) is 163 cm³/mol. The number of carbonyl (C=O) groups is 2. The van der Waals surface area contributed by atoms with Gasteiger partial charge in [-0.25, -0.2) is 8.42 Å². The van der Waals surface area contributed by atoms with Crippen LogP contribution in [0.4, 0.5) is 5.69 Å². The summed E-state index contributed by atoms with van der Waals surface area (Å²) in [4.78, 5) is 28.8. The van der Waals surface area contributed by atoms with Crippen LogP contribution in [0, 0.1) is 20.8 Å². The fourth-order valence-electron chi connectivity index (χ4n) is 4.26. The number of methoxy groups -OCH3 is 1. The van der Waals surface area contributed by atoms with Crippen LogP contribution in [0.15, 0.2) is 71.6 Å². The first-order valence-electron chi connectivity index (χ1n) is 13.8. The molecular formula is C32H41N3O5S. The highest BCUT2D eigenvalue weighted by molar-refractivity contribution is 7.92. The molecule has 0 heterocycles. The largest absolute Gasteiger partial charge is 0.497 e. The van der Waals surface area contributed by atoms with Gasteiger partial charge in [0.2, 0.25) is 11.8 Å². The standard InChI is InChI=1S/C32H41N3O5S/c1-8-25(5)33-32(37)26(6)34(20-27-10-9-11-29(19-27)40-7)31(36)21-35(28-15-14-23(3)24(4)18-28)41(38,39)30-16-12-22(2)13-17-30/h9-19,25-26H,8,20-21H2,1-7H3,(H,33,37)/t25-,26-/m1/s1. The monoisotopic (exact) mass is 579 g/mol. The summed E-state index contributed by atoms with van der Waals surface area (Å²) in [6, 6.07) is 18.1. The van der Waals surface area contributed by atoms with E-state index in [2.05, 4.69) is 5.32 Å². The smallest absolute Gasteiger partial charge is 0.264 e. The normalized spacial score (nSPS) is 12.8. The highest BCUT2D eigenvalue weighted by Gasteiger charge is 2.33. The van der Waals surface area contributed by atoms with Crippen molar-refractivity contribution in [1.29, 1.82) is 0 Å². The molecule has 2 atom stereocenters. The van der Waals surface area contributed by atoms with Crippen molar-refractivity contribution >= 4 is 27.5 Å². The number of ether oxygens (including phenoxy) is 1. The average Bonchev–Trinajstić information content (AvgIpc) is 2.95. The lowest BCUT2D eigenvalue weighted by Crippen LogP contribution is -2.52. The molecule has 0 fully saturated rings. The van der Waals surface area contributed by atoms with Gasteiger partial charge in [-0.05, 0) is 94.1 Å². The van der Waals surface area contributed by atoms with E-state index in [1.807, 2.05) is 52.8 Å². The number of aryl methyl sites for hydroxylation is 3. The summed E-state index contributed by atoms with van der Waals surface area (Å²) in [5, 5.41) is 2.94. The second kappa shape index (κ2) is 13.7. The molecule has 0 saturated heterocycles. The van der Waals surface area contributed by atoms with Crippen LogP contribution < -0.4 is 14.4 Å². The molecule has 8 nitrogen and oxygen atoms in total. The first-order chi connectivity index (χ1) is 19.4.